The first-order chi connectivity index (χ1) is 14.9. The number of methoxy groups -OCH3 is 1. The number of carbonyl (C=O) groups is 1. The molecule has 0 aliphatic carbocycles. The Bertz CT molecular complexity index is 1110. The molecule has 0 atom stereocenters. The summed E-state index contributed by atoms with van der Waals surface area (Å²) in [4.78, 5) is 13.3. The van der Waals surface area contributed by atoms with Crippen molar-refractivity contribution in [2.45, 2.75) is 11.1 Å². The first-order valence-electron chi connectivity index (χ1n) is 9.66. The molecular weight excluding hydrogens is 436 g/mol. The van der Waals surface area contributed by atoms with Crippen LogP contribution in [-0.4, -0.2) is 41.2 Å². The van der Waals surface area contributed by atoms with Gasteiger partial charge in [0.25, 0.3) is 5.91 Å². The average molecular weight is 461 g/mol. The van der Waals surface area contributed by atoms with Crippen LogP contribution in [0.25, 0.3) is 10.4 Å². The number of nitrogens with one attached hydrogen (secondary N) is 2. The van der Waals surface area contributed by atoms with Crippen molar-refractivity contribution in [3.05, 3.63) is 66.2 Å². The lowest BCUT2D eigenvalue weighted by molar-refractivity contribution is 0.102. The lowest BCUT2D eigenvalue weighted by Gasteiger charge is -2.08. The summed E-state index contributed by atoms with van der Waals surface area (Å²) >= 11 is 1.17. The van der Waals surface area contributed by atoms with Gasteiger partial charge in [0.05, 0.1) is 13.2 Å². The Morgan fingerprint density at radius 2 is 1.71 bits per heavy atom. The topological polar surface area (TPSA) is 93.7 Å². The third-order valence-electron chi connectivity index (χ3n) is 4.30. The van der Waals surface area contributed by atoms with Crippen LogP contribution in [0.4, 0.5) is 5.69 Å². The number of thiophene rings is 1. The quantitative estimate of drug-likeness (QED) is 0.446. The number of benzene rings is 2. The summed E-state index contributed by atoms with van der Waals surface area (Å²) in [6.45, 7) is 3.01. The third kappa shape index (κ3) is 6.14. The highest BCUT2D eigenvalue weighted by atomic mass is 32.2. The van der Waals surface area contributed by atoms with E-state index in [-0.39, 0.29) is 16.7 Å². The van der Waals surface area contributed by atoms with Crippen molar-refractivity contribution >= 4 is 33.0 Å². The summed E-state index contributed by atoms with van der Waals surface area (Å²) in [7, 11) is -2.05. The molecule has 31 heavy (non-hydrogen) atoms. The zero-order valence-electron chi connectivity index (χ0n) is 17.3. The van der Waals surface area contributed by atoms with E-state index in [0.717, 1.165) is 16.2 Å². The van der Waals surface area contributed by atoms with Crippen molar-refractivity contribution in [3.63, 3.8) is 0 Å². The van der Waals surface area contributed by atoms with Gasteiger partial charge in [-0.05, 0) is 61.0 Å². The van der Waals surface area contributed by atoms with E-state index >= 15 is 0 Å². The molecule has 164 valence electrons. The van der Waals surface area contributed by atoms with E-state index in [9.17, 15) is 13.2 Å². The molecule has 0 unspecified atom stereocenters. The Balaban J connectivity index is 1.66. The van der Waals surface area contributed by atoms with Crippen LogP contribution >= 0.6 is 11.3 Å². The molecule has 3 rings (SSSR count). The molecule has 0 radical (unpaired) electrons. The Kier molecular flexibility index (Phi) is 7.80. The Hall–Kier alpha value is -2.72. The maximum atomic E-state index is 12.5. The van der Waals surface area contributed by atoms with Crippen LogP contribution in [0, 0.1) is 0 Å². The predicted octanol–water partition coefficient (Wildman–Crippen LogP) is 3.99. The largest absolute Gasteiger partial charge is 0.494 e. The maximum Gasteiger partial charge on any atom is 0.255 e. The van der Waals surface area contributed by atoms with Gasteiger partial charge in [-0.15, -0.1) is 11.3 Å². The van der Waals surface area contributed by atoms with Crippen LogP contribution in [0.2, 0.25) is 0 Å². The van der Waals surface area contributed by atoms with Gasteiger partial charge < -0.3 is 14.8 Å². The fraction of sp³-hybridized carbons (Fsp3) is 0.227. The molecule has 0 spiro atoms. The summed E-state index contributed by atoms with van der Waals surface area (Å²) in [6, 6.07) is 17.5. The van der Waals surface area contributed by atoms with E-state index in [2.05, 4.69) is 10.0 Å². The molecule has 7 nitrogen and oxygen atoms in total. The molecule has 3 aromatic rings. The smallest absolute Gasteiger partial charge is 0.255 e. The minimum Gasteiger partial charge on any atom is -0.494 e. The van der Waals surface area contributed by atoms with Gasteiger partial charge in [-0.1, -0.05) is 12.1 Å². The van der Waals surface area contributed by atoms with E-state index < -0.39 is 10.0 Å². The molecule has 1 heterocycles. The number of hydrogen-bond acceptors (Lipinski definition) is 6. The summed E-state index contributed by atoms with van der Waals surface area (Å²) < 4.78 is 37.6. The minimum atomic E-state index is -3.57. The second kappa shape index (κ2) is 10.5. The zero-order valence-corrected chi connectivity index (χ0v) is 18.9. The van der Waals surface area contributed by atoms with Gasteiger partial charge in [0, 0.05) is 29.8 Å². The van der Waals surface area contributed by atoms with Crippen LogP contribution in [0.1, 0.15) is 17.3 Å². The Morgan fingerprint density at radius 1 is 1.00 bits per heavy atom. The molecule has 0 aliphatic rings. The van der Waals surface area contributed by atoms with E-state index in [0.29, 0.717) is 24.5 Å². The molecule has 0 saturated carbocycles. The number of ether oxygens (including phenoxy) is 2. The van der Waals surface area contributed by atoms with Crippen LogP contribution in [0.5, 0.6) is 5.75 Å². The van der Waals surface area contributed by atoms with Gasteiger partial charge in [0.1, 0.15) is 9.96 Å². The number of hydrogen-bond donors (Lipinski definition) is 2. The lowest BCUT2D eigenvalue weighted by Crippen LogP contribution is -2.26. The summed E-state index contributed by atoms with van der Waals surface area (Å²) in [5.41, 5.74) is 2.01. The molecular formula is C22H24N2O5S2. The second-order valence-electron chi connectivity index (χ2n) is 6.50. The highest BCUT2D eigenvalue weighted by molar-refractivity contribution is 7.91. The van der Waals surface area contributed by atoms with Crippen LogP contribution < -0.4 is 14.8 Å². The first-order valence-corrected chi connectivity index (χ1v) is 12.0. The fourth-order valence-electron chi connectivity index (χ4n) is 2.76. The normalized spacial score (nSPS) is 11.3. The van der Waals surface area contributed by atoms with Crippen molar-refractivity contribution in [1.29, 1.82) is 0 Å². The van der Waals surface area contributed by atoms with Crippen molar-refractivity contribution < 1.29 is 22.7 Å². The van der Waals surface area contributed by atoms with Gasteiger partial charge in [-0.3, -0.25) is 4.79 Å². The number of amides is 1. The standard InChI is InChI=1S/C22H24N2O5S2/c1-3-29-19-10-8-18(9-11-19)24-22(25)17-6-4-16(5-7-17)20-12-13-21(30-20)31(26,27)23-14-15-28-2/h4-13,23H,3,14-15H2,1-2H3,(H,24,25). The first kappa shape index (κ1) is 23.0. The van der Waals surface area contributed by atoms with Crippen molar-refractivity contribution in [2.24, 2.45) is 0 Å². The van der Waals surface area contributed by atoms with E-state index in [1.807, 2.05) is 6.92 Å². The van der Waals surface area contributed by atoms with Gasteiger partial charge >= 0.3 is 0 Å². The Morgan fingerprint density at radius 3 is 2.35 bits per heavy atom. The molecule has 9 heteroatoms. The highest BCUT2D eigenvalue weighted by Gasteiger charge is 2.17. The van der Waals surface area contributed by atoms with Crippen LogP contribution in [0.15, 0.2) is 64.9 Å². The minimum absolute atomic E-state index is 0.213. The van der Waals surface area contributed by atoms with Gasteiger partial charge in [0.15, 0.2) is 0 Å². The summed E-state index contributed by atoms with van der Waals surface area (Å²) in [5, 5.41) is 2.85. The lowest BCUT2D eigenvalue weighted by atomic mass is 10.1. The molecule has 0 fully saturated rings. The van der Waals surface area contributed by atoms with Crippen molar-refractivity contribution in [1.82, 2.24) is 4.72 Å². The number of carbonyl (C=O) groups excluding carboxylic acids is 1. The number of sulfonamides is 1. The highest BCUT2D eigenvalue weighted by Crippen LogP contribution is 2.31. The third-order valence-corrected chi connectivity index (χ3v) is 7.39. The van der Waals surface area contributed by atoms with E-state index in [4.69, 9.17) is 9.47 Å². The maximum absolute atomic E-state index is 12.5. The van der Waals surface area contributed by atoms with Crippen molar-refractivity contribution in [2.75, 3.05) is 32.2 Å². The number of rotatable bonds is 10. The monoisotopic (exact) mass is 460 g/mol. The van der Waals surface area contributed by atoms with E-state index in [1.54, 1.807) is 60.7 Å². The molecule has 2 N–H and O–H groups in total. The molecule has 0 saturated heterocycles. The molecule has 0 bridgehead atoms. The second-order valence-corrected chi connectivity index (χ2v) is 9.58. The average Bonchev–Trinajstić information content (AvgIpc) is 3.27. The molecule has 0 aliphatic heterocycles. The summed E-state index contributed by atoms with van der Waals surface area (Å²) in [5.74, 6) is 0.517. The number of anilines is 1. The summed E-state index contributed by atoms with van der Waals surface area (Å²) in [6.07, 6.45) is 0. The van der Waals surface area contributed by atoms with E-state index in [1.165, 1.54) is 18.4 Å². The van der Waals surface area contributed by atoms with Crippen LogP contribution in [0.3, 0.4) is 0 Å². The molecule has 1 aromatic heterocycles. The predicted molar refractivity (Wildman–Crippen MR) is 122 cm³/mol. The SMILES string of the molecule is CCOc1ccc(NC(=O)c2ccc(-c3ccc(S(=O)(=O)NCCOC)s3)cc2)cc1. The van der Waals surface area contributed by atoms with Gasteiger partial charge in [-0.25, -0.2) is 13.1 Å². The van der Waals surface area contributed by atoms with Gasteiger partial charge in [-0.2, -0.15) is 0 Å². The van der Waals surface area contributed by atoms with Gasteiger partial charge in [0.2, 0.25) is 10.0 Å². The zero-order chi connectivity index (χ0) is 22.3. The van der Waals surface area contributed by atoms with Crippen molar-refractivity contribution in [3.8, 4) is 16.2 Å². The fourth-order valence-corrected chi connectivity index (χ4v) is 5.13. The Labute approximate surface area is 186 Å². The molecule has 1 amide bonds. The van der Waals surface area contributed by atoms with Crippen LogP contribution in [-0.2, 0) is 14.8 Å². The molecule has 2 aromatic carbocycles.